The molecule has 2 rings (SSSR count). The Labute approximate surface area is 125 Å². The third-order valence-corrected chi connectivity index (χ3v) is 3.05. The van der Waals surface area contributed by atoms with Crippen LogP contribution in [-0.2, 0) is 15.5 Å². The maximum Gasteiger partial charge on any atom is 0.384 e. The lowest BCUT2D eigenvalue weighted by Gasteiger charge is -2.14. The Morgan fingerprint density at radius 1 is 1.19 bits per heavy atom. The van der Waals surface area contributed by atoms with Crippen LogP contribution in [0.5, 0.6) is 0 Å². The average Bonchev–Trinajstić information content (AvgIpc) is 2.48. The number of carbonyl (C=O) groups is 1. The van der Waals surface area contributed by atoms with E-state index in [0.29, 0.717) is 10.6 Å². The molecule has 0 bridgehead atoms. The van der Waals surface area contributed by atoms with Gasteiger partial charge in [-0.2, -0.15) is 8.78 Å². The van der Waals surface area contributed by atoms with Gasteiger partial charge in [0, 0.05) is 16.8 Å². The third kappa shape index (κ3) is 3.36. The van der Waals surface area contributed by atoms with Gasteiger partial charge in [0.2, 0.25) is 0 Å². The van der Waals surface area contributed by atoms with Gasteiger partial charge in [-0.3, -0.25) is 4.98 Å². The van der Waals surface area contributed by atoms with Crippen LogP contribution in [0.25, 0.3) is 11.1 Å². The Balaban J connectivity index is 2.26. The van der Waals surface area contributed by atoms with Crippen LogP contribution in [0.15, 0.2) is 42.6 Å². The Morgan fingerprint density at radius 2 is 1.81 bits per heavy atom. The maximum atomic E-state index is 13.8. The first-order valence-corrected chi connectivity index (χ1v) is 6.60. The molecule has 21 heavy (non-hydrogen) atoms. The van der Waals surface area contributed by atoms with Gasteiger partial charge in [-0.25, -0.2) is 4.79 Å². The molecule has 0 saturated carbocycles. The third-order valence-electron chi connectivity index (χ3n) is 2.79. The zero-order valence-corrected chi connectivity index (χ0v) is 11.9. The van der Waals surface area contributed by atoms with E-state index in [1.54, 1.807) is 24.3 Å². The summed E-state index contributed by atoms with van der Waals surface area (Å²) in [5.74, 6) is -5.36. The quantitative estimate of drug-likeness (QED) is 0.799. The number of aromatic nitrogens is 1. The Bertz CT molecular complexity index is 627. The molecule has 1 aromatic heterocycles. The predicted molar refractivity (Wildman–Crippen MR) is 75.2 cm³/mol. The van der Waals surface area contributed by atoms with E-state index >= 15 is 0 Å². The molecule has 0 atom stereocenters. The topological polar surface area (TPSA) is 39.2 Å². The summed E-state index contributed by atoms with van der Waals surface area (Å²) in [4.78, 5) is 14.9. The first-order valence-electron chi connectivity index (χ1n) is 6.22. The molecule has 0 fully saturated rings. The molecule has 1 heterocycles. The number of hydrogen-bond donors (Lipinski definition) is 0. The zero-order chi connectivity index (χ0) is 15.5. The van der Waals surface area contributed by atoms with E-state index in [1.165, 1.54) is 19.2 Å². The highest BCUT2D eigenvalue weighted by atomic mass is 35.5. The van der Waals surface area contributed by atoms with Gasteiger partial charge in [-0.1, -0.05) is 29.8 Å². The maximum absolute atomic E-state index is 13.8. The van der Waals surface area contributed by atoms with Gasteiger partial charge in [-0.15, -0.1) is 0 Å². The molecule has 0 unspecified atom stereocenters. The van der Waals surface area contributed by atoms with Crippen molar-refractivity contribution in [2.24, 2.45) is 0 Å². The van der Waals surface area contributed by atoms with Gasteiger partial charge in [-0.05, 0) is 30.7 Å². The molecule has 6 heteroatoms. The number of esters is 1. The van der Waals surface area contributed by atoms with Crippen molar-refractivity contribution >= 4 is 17.6 Å². The summed E-state index contributed by atoms with van der Waals surface area (Å²) < 4.78 is 31.9. The monoisotopic (exact) mass is 311 g/mol. The fourth-order valence-electron chi connectivity index (χ4n) is 1.72. The van der Waals surface area contributed by atoms with Crippen molar-refractivity contribution in [1.29, 1.82) is 0 Å². The van der Waals surface area contributed by atoms with Gasteiger partial charge in [0.25, 0.3) is 0 Å². The van der Waals surface area contributed by atoms with E-state index < -0.39 is 17.6 Å². The number of rotatable bonds is 4. The fraction of sp³-hybridized carbons (Fsp3) is 0.200. The second-order valence-electron chi connectivity index (χ2n) is 4.23. The molecule has 1 aromatic carbocycles. The van der Waals surface area contributed by atoms with E-state index in [2.05, 4.69) is 9.72 Å². The standard InChI is InChI=1S/C15H12ClF2NO2/c1-2-21-14(20)15(17,18)13-8-5-11(9-19-13)10-3-6-12(16)7-4-10/h3-9H,2H2,1H3. The van der Waals surface area contributed by atoms with Crippen molar-refractivity contribution in [1.82, 2.24) is 4.98 Å². The lowest BCUT2D eigenvalue weighted by Crippen LogP contribution is -2.29. The van der Waals surface area contributed by atoms with E-state index in [-0.39, 0.29) is 6.61 Å². The van der Waals surface area contributed by atoms with Crippen LogP contribution >= 0.6 is 11.6 Å². The molecule has 0 amide bonds. The molecular weight excluding hydrogens is 300 g/mol. The molecule has 0 aliphatic heterocycles. The SMILES string of the molecule is CCOC(=O)C(F)(F)c1ccc(-c2ccc(Cl)cc2)cn1. The van der Waals surface area contributed by atoms with Crippen molar-refractivity contribution in [2.75, 3.05) is 6.61 Å². The molecule has 2 aromatic rings. The van der Waals surface area contributed by atoms with Crippen molar-refractivity contribution in [3.8, 4) is 11.1 Å². The summed E-state index contributed by atoms with van der Waals surface area (Å²) in [6.45, 7) is 1.35. The van der Waals surface area contributed by atoms with E-state index in [4.69, 9.17) is 11.6 Å². The molecule has 3 nitrogen and oxygen atoms in total. The summed E-state index contributed by atoms with van der Waals surface area (Å²) in [7, 11) is 0. The smallest absolute Gasteiger partial charge is 0.384 e. The van der Waals surface area contributed by atoms with Crippen molar-refractivity contribution < 1.29 is 18.3 Å². The molecule has 110 valence electrons. The Kier molecular flexibility index (Phi) is 4.53. The molecule has 0 N–H and O–H groups in total. The van der Waals surface area contributed by atoms with Gasteiger partial charge < -0.3 is 4.74 Å². The number of halogens is 3. The summed E-state index contributed by atoms with van der Waals surface area (Å²) >= 11 is 5.78. The van der Waals surface area contributed by atoms with Crippen molar-refractivity contribution in [3.05, 3.63) is 53.3 Å². The van der Waals surface area contributed by atoms with E-state index in [0.717, 1.165) is 11.6 Å². The second kappa shape index (κ2) is 6.18. The summed E-state index contributed by atoms with van der Waals surface area (Å²) in [6, 6.07) is 9.47. The molecule has 0 saturated heterocycles. The van der Waals surface area contributed by atoms with Crippen LogP contribution < -0.4 is 0 Å². The highest BCUT2D eigenvalue weighted by Crippen LogP contribution is 2.29. The number of hydrogen-bond acceptors (Lipinski definition) is 3. The molecule has 0 spiro atoms. The van der Waals surface area contributed by atoms with Gasteiger partial charge in [0.05, 0.1) is 6.61 Å². The summed E-state index contributed by atoms with van der Waals surface area (Å²) in [5, 5.41) is 0.581. The number of pyridine rings is 1. The minimum Gasteiger partial charge on any atom is -0.461 e. The lowest BCUT2D eigenvalue weighted by molar-refractivity contribution is -0.173. The highest BCUT2D eigenvalue weighted by Gasteiger charge is 2.44. The van der Waals surface area contributed by atoms with Crippen LogP contribution in [0.4, 0.5) is 8.78 Å². The molecule has 0 aliphatic rings. The first-order chi connectivity index (χ1) is 9.95. The summed E-state index contributed by atoms with van der Waals surface area (Å²) in [6.07, 6.45) is 1.28. The van der Waals surface area contributed by atoms with Crippen LogP contribution in [0.3, 0.4) is 0 Å². The molecule has 0 radical (unpaired) electrons. The minimum absolute atomic E-state index is 0.114. The second-order valence-corrected chi connectivity index (χ2v) is 4.67. The number of alkyl halides is 2. The molecular formula is C15H12ClF2NO2. The fourth-order valence-corrected chi connectivity index (χ4v) is 1.84. The van der Waals surface area contributed by atoms with Gasteiger partial charge >= 0.3 is 11.9 Å². The number of nitrogens with zero attached hydrogens (tertiary/aromatic N) is 1. The number of benzene rings is 1. The number of ether oxygens (including phenoxy) is 1. The predicted octanol–water partition coefficient (Wildman–Crippen LogP) is 4.06. The average molecular weight is 312 g/mol. The van der Waals surface area contributed by atoms with Crippen LogP contribution in [-0.4, -0.2) is 17.6 Å². The van der Waals surface area contributed by atoms with Crippen LogP contribution in [0, 0.1) is 0 Å². The normalized spacial score (nSPS) is 11.2. The van der Waals surface area contributed by atoms with Crippen LogP contribution in [0.1, 0.15) is 12.6 Å². The van der Waals surface area contributed by atoms with E-state index in [9.17, 15) is 13.6 Å². The largest absolute Gasteiger partial charge is 0.461 e. The first kappa shape index (κ1) is 15.4. The molecule has 0 aliphatic carbocycles. The van der Waals surface area contributed by atoms with Crippen molar-refractivity contribution in [2.45, 2.75) is 12.8 Å². The van der Waals surface area contributed by atoms with Gasteiger partial charge in [0.15, 0.2) is 0 Å². The summed E-state index contributed by atoms with van der Waals surface area (Å²) in [5.41, 5.74) is 0.798. The highest BCUT2D eigenvalue weighted by molar-refractivity contribution is 6.30. The zero-order valence-electron chi connectivity index (χ0n) is 11.1. The lowest BCUT2D eigenvalue weighted by atomic mass is 10.1. The van der Waals surface area contributed by atoms with Gasteiger partial charge in [0.1, 0.15) is 5.69 Å². The van der Waals surface area contributed by atoms with Crippen molar-refractivity contribution in [3.63, 3.8) is 0 Å². The Morgan fingerprint density at radius 3 is 2.33 bits per heavy atom. The Hall–Kier alpha value is -2.01. The van der Waals surface area contributed by atoms with E-state index in [1.807, 2.05) is 0 Å². The minimum atomic E-state index is -3.76. The van der Waals surface area contributed by atoms with Crippen LogP contribution in [0.2, 0.25) is 5.02 Å². The number of carbonyl (C=O) groups excluding carboxylic acids is 1.